The van der Waals surface area contributed by atoms with Crippen molar-refractivity contribution in [1.29, 1.82) is 5.26 Å². The number of urea groups is 1. The van der Waals surface area contributed by atoms with Crippen molar-refractivity contribution in [1.82, 2.24) is 4.90 Å². The van der Waals surface area contributed by atoms with Crippen LogP contribution in [0.2, 0.25) is 0 Å². The van der Waals surface area contributed by atoms with Gasteiger partial charge in [0.2, 0.25) is 0 Å². The zero-order valence-electron chi connectivity index (χ0n) is 11.8. The van der Waals surface area contributed by atoms with Gasteiger partial charge in [-0.3, -0.25) is 9.69 Å². The fraction of sp³-hybridized carbons (Fsp3) is 0.400. The van der Waals surface area contributed by atoms with Crippen molar-refractivity contribution in [3.05, 3.63) is 29.8 Å². The van der Waals surface area contributed by atoms with Gasteiger partial charge in [-0.2, -0.15) is 5.26 Å². The van der Waals surface area contributed by atoms with Gasteiger partial charge in [-0.1, -0.05) is 12.1 Å². The maximum absolute atomic E-state index is 12.5. The number of anilines is 1. The lowest BCUT2D eigenvalue weighted by Crippen LogP contribution is -2.45. The number of benzene rings is 1. The summed E-state index contributed by atoms with van der Waals surface area (Å²) in [6.07, 6.45) is 2.06. The molecular weight excluding hydrogens is 270 g/mol. The average molecular weight is 287 g/mol. The predicted octanol–water partition coefficient (Wildman–Crippen LogP) is 1.91. The number of hydrogen-bond acceptors (Lipinski definition) is 3. The van der Waals surface area contributed by atoms with Crippen LogP contribution in [-0.4, -0.2) is 42.1 Å². The number of para-hydroxylation sites is 1. The van der Waals surface area contributed by atoms with E-state index in [0.717, 1.165) is 12.8 Å². The number of carbonyl (C=O) groups is 2. The molecule has 1 fully saturated rings. The van der Waals surface area contributed by atoms with E-state index in [1.54, 1.807) is 31.3 Å². The number of hydrogen-bond donors (Lipinski definition) is 1. The molecule has 0 aromatic heterocycles. The van der Waals surface area contributed by atoms with Gasteiger partial charge >= 0.3 is 12.0 Å². The van der Waals surface area contributed by atoms with E-state index in [-0.39, 0.29) is 6.54 Å². The van der Waals surface area contributed by atoms with Gasteiger partial charge in [0.05, 0.1) is 11.3 Å². The fourth-order valence-electron chi connectivity index (χ4n) is 2.16. The van der Waals surface area contributed by atoms with Crippen LogP contribution >= 0.6 is 0 Å². The lowest BCUT2D eigenvalue weighted by molar-refractivity contribution is -0.137. The zero-order valence-corrected chi connectivity index (χ0v) is 11.8. The Morgan fingerprint density at radius 1 is 1.38 bits per heavy atom. The van der Waals surface area contributed by atoms with E-state index < -0.39 is 12.0 Å². The second kappa shape index (κ2) is 6.27. The number of amides is 2. The molecule has 110 valence electrons. The van der Waals surface area contributed by atoms with Crippen molar-refractivity contribution in [3.63, 3.8) is 0 Å². The summed E-state index contributed by atoms with van der Waals surface area (Å²) in [6.45, 7) is 0.124. The number of nitrogens with zero attached hydrogens (tertiary/aromatic N) is 3. The summed E-state index contributed by atoms with van der Waals surface area (Å²) in [5.74, 6) is -0.640. The van der Waals surface area contributed by atoms with Crippen LogP contribution in [0.25, 0.3) is 0 Å². The lowest BCUT2D eigenvalue weighted by atomic mass is 10.2. The predicted molar refractivity (Wildman–Crippen MR) is 76.9 cm³/mol. The highest BCUT2D eigenvalue weighted by Crippen LogP contribution is 2.30. The normalized spacial score (nSPS) is 13.3. The second-order valence-corrected chi connectivity index (χ2v) is 5.19. The van der Waals surface area contributed by atoms with Crippen LogP contribution in [0.15, 0.2) is 24.3 Å². The molecule has 0 saturated heterocycles. The summed E-state index contributed by atoms with van der Waals surface area (Å²) in [5, 5.41) is 18.0. The Hall–Kier alpha value is -2.55. The lowest BCUT2D eigenvalue weighted by Gasteiger charge is -2.27. The van der Waals surface area contributed by atoms with Gasteiger partial charge in [0.25, 0.3) is 0 Å². The number of carbonyl (C=O) groups excluding carboxylic acids is 1. The summed E-state index contributed by atoms with van der Waals surface area (Å²) in [5.41, 5.74) is 0.867. The smallest absolute Gasteiger partial charge is 0.324 e. The molecule has 0 radical (unpaired) electrons. The molecule has 6 heteroatoms. The summed E-state index contributed by atoms with van der Waals surface area (Å²) in [7, 11) is 1.56. The van der Waals surface area contributed by atoms with Crippen LogP contribution in [-0.2, 0) is 4.79 Å². The van der Waals surface area contributed by atoms with Gasteiger partial charge in [0.1, 0.15) is 12.6 Å². The molecule has 1 saturated carbocycles. The summed E-state index contributed by atoms with van der Waals surface area (Å²) in [6, 6.07) is 8.40. The number of aliphatic carboxylic acids is 1. The summed E-state index contributed by atoms with van der Waals surface area (Å²) in [4.78, 5) is 26.1. The first kappa shape index (κ1) is 14.9. The topological polar surface area (TPSA) is 84.6 Å². The zero-order chi connectivity index (χ0) is 15.4. The van der Waals surface area contributed by atoms with Crippen molar-refractivity contribution in [2.45, 2.75) is 12.8 Å². The minimum absolute atomic E-state index is 0.325. The highest BCUT2D eigenvalue weighted by Gasteiger charge is 2.30. The van der Waals surface area contributed by atoms with Gasteiger partial charge in [-0.25, -0.2) is 4.79 Å². The van der Waals surface area contributed by atoms with Crippen LogP contribution in [0.4, 0.5) is 10.5 Å². The standard InChI is InChI=1S/C15H17N3O3/c1-17(13-5-3-2-4-12(13)8-16)15(21)18(10-14(19)20)9-11-6-7-11/h2-5,11H,6-7,9-10H2,1H3,(H,19,20). The SMILES string of the molecule is CN(C(=O)N(CC(=O)O)CC1CC1)c1ccccc1C#N. The first-order chi connectivity index (χ1) is 10.0. The molecule has 1 aromatic carbocycles. The van der Waals surface area contributed by atoms with Crippen molar-refractivity contribution in [2.75, 3.05) is 25.0 Å². The number of nitriles is 1. The van der Waals surface area contributed by atoms with Crippen molar-refractivity contribution in [2.24, 2.45) is 5.92 Å². The van der Waals surface area contributed by atoms with E-state index in [4.69, 9.17) is 10.4 Å². The Kier molecular flexibility index (Phi) is 4.43. The molecule has 21 heavy (non-hydrogen) atoms. The van der Waals surface area contributed by atoms with Gasteiger partial charge in [0.15, 0.2) is 0 Å². The Morgan fingerprint density at radius 2 is 2.05 bits per heavy atom. The molecule has 0 aliphatic heterocycles. The Balaban J connectivity index is 2.18. The molecule has 1 aliphatic carbocycles. The van der Waals surface area contributed by atoms with Crippen molar-refractivity contribution in [3.8, 4) is 6.07 Å². The third-order valence-corrected chi connectivity index (χ3v) is 3.44. The quantitative estimate of drug-likeness (QED) is 0.896. The summed E-state index contributed by atoms with van der Waals surface area (Å²) >= 11 is 0. The van der Waals surface area contributed by atoms with Crippen molar-refractivity contribution < 1.29 is 14.7 Å². The fourth-order valence-corrected chi connectivity index (χ4v) is 2.16. The molecular formula is C15H17N3O3. The van der Waals surface area contributed by atoms with Crippen LogP contribution in [0.1, 0.15) is 18.4 Å². The van der Waals surface area contributed by atoms with Crippen LogP contribution < -0.4 is 4.90 Å². The molecule has 1 aliphatic rings. The molecule has 0 unspecified atom stereocenters. The number of carboxylic acids is 1. The highest BCUT2D eigenvalue weighted by atomic mass is 16.4. The maximum atomic E-state index is 12.5. The Morgan fingerprint density at radius 3 is 2.62 bits per heavy atom. The average Bonchev–Trinajstić information content (AvgIpc) is 3.28. The molecule has 0 bridgehead atoms. The van der Waals surface area contributed by atoms with Gasteiger partial charge in [-0.15, -0.1) is 0 Å². The van der Waals surface area contributed by atoms with E-state index in [1.165, 1.54) is 9.80 Å². The molecule has 0 spiro atoms. The minimum Gasteiger partial charge on any atom is -0.480 e. The van der Waals surface area contributed by atoms with Crippen LogP contribution in [0.3, 0.4) is 0 Å². The first-order valence-electron chi connectivity index (χ1n) is 6.76. The molecule has 0 atom stereocenters. The second-order valence-electron chi connectivity index (χ2n) is 5.19. The van der Waals surface area contributed by atoms with E-state index in [1.807, 2.05) is 6.07 Å². The van der Waals surface area contributed by atoms with Crippen LogP contribution in [0.5, 0.6) is 0 Å². The summed E-state index contributed by atoms with van der Waals surface area (Å²) < 4.78 is 0. The highest BCUT2D eigenvalue weighted by molar-refractivity contribution is 5.94. The largest absolute Gasteiger partial charge is 0.480 e. The monoisotopic (exact) mass is 287 g/mol. The molecule has 1 N–H and O–H groups in total. The van der Waals surface area contributed by atoms with E-state index in [2.05, 4.69) is 0 Å². The molecule has 2 rings (SSSR count). The minimum atomic E-state index is -1.04. The molecule has 6 nitrogen and oxygen atoms in total. The Labute approximate surface area is 123 Å². The van der Waals surface area contributed by atoms with Gasteiger partial charge < -0.3 is 10.0 Å². The molecule has 1 aromatic rings. The van der Waals surface area contributed by atoms with E-state index in [9.17, 15) is 9.59 Å². The molecule has 2 amide bonds. The van der Waals surface area contributed by atoms with Crippen LogP contribution in [0, 0.1) is 17.2 Å². The molecule has 0 heterocycles. The number of rotatable bonds is 5. The first-order valence-corrected chi connectivity index (χ1v) is 6.76. The third kappa shape index (κ3) is 3.72. The van der Waals surface area contributed by atoms with Gasteiger partial charge in [0, 0.05) is 13.6 Å². The van der Waals surface area contributed by atoms with E-state index >= 15 is 0 Å². The Bertz CT molecular complexity index is 590. The van der Waals surface area contributed by atoms with Gasteiger partial charge in [-0.05, 0) is 30.9 Å². The number of carboxylic acid groups (broad SMARTS) is 1. The third-order valence-electron chi connectivity index (χ3n) is 3.44. The van der Waals surface area contributed by atoms with Crippen molar-refractivity contribution >= 4 is 17.7 Å². The van der Waals surface area contributed by atoms with E-state index in [0.29, 0.717) is 23.7 Å². The maximum Gasteiger partial charge on any atom is 0.324 e.